The predicted molar refractivity (Wildman–Crippen MR) is 57.9 cm³/mol. The zero-order chi connectivity index (χ0) is 10.8. The molecule has 15 heavy (non-hydrogen) atoms. The number of anilines is 1. The molecule has 1 heterocycles. The van der Waals surface area contributed by atoms with E-state index in [1.807, 2.05) is 31.3 Å². The van der Waals surface area contributed by atoms with Gasteiger partial charge in [0.25, 0.3) is 0 Å². The van der Waals surface area contributed by atoms with Crippen LogP contribution in [0.2, 0.25) is 0 Å². The summed E-state index contributed by atoms with van der Waals surface area (Å²) in [7, 11) is 1.98. The number of primary amides is 1. The zero-order valence-electron chi connectivity index (χ0n) is 8.64. The number of fused-ring (bicyclic) bond motifs is 1. The van der Waals surface area contributed by atoms with Crippen molar-refractivity contribution >= 4 is 11.6 Å². The summed E-state index contributed by atoms with van der Waals surface area (Å²) in [6.45, 7) is 0.694. The van der Waals surface area contributed by atoms with E-state index >= 15 is 0 Å². The number of rotatable bonds is 2. The van der Waals surface area contributed by atoms with E-state index in [1.54, 1.807) is 0 Å². The van der Waals surface area contributed by atoms with E-state index in [0.29, 0.717) is 6.54 Å². The van der Waals surface area contributed by atoms with E-state index in [4.69, 9.17) is 10.5 Å². The molecule has 1 aliphatic heterocycles. The average molecular weight is 206 g/mol. The van der Waals surface area contributed by atoms with E-state index in [9.17, 15) is 4.79 Å². The highest BCUT2D eigenvalue weighted by molar-refractivity contribution is 5.74. The Morgan fingerprint density at radius 2 is 2.33 bits per heavy atom. The van der Waals surface area contributed by atoms with Crippen molar-refractivity contribution in [2.24, 2.45) is 5.73 Å². The van der Waals surface area contributed by atoms with Gasteiger partial charge in [-0.15, -0.1) is 0 Å². The molecule has 4 nitrogen and oxygen atoms in total. The van der Waals surface area contributed by atoms with Gasteiger partial charge in [-0.25, -0.2) is 0 Å². The summed E-state index contributed by atoms with van der Waals surface area (Å²) in [6.07, 6.45) is 0.126. The highest BCUT2D eigenvalue weighted by atomic mass is 16.5. The minimum absolute atomic E-state index is 0.137. The highest BCUT2D eigenvalue weighted by Gasteiger charge is 2.24. The topological polar surface area (TPSA) is 55.6 Å². The van der Waals surface area contributed by atoms with Gasteiger partial charge < -0.3 is 15.4 Å². The molecule has 0 saturated carbocycles. The van der Waals surface area contributed by atoms with Crippen molar-refractivity contribution in [3.8, 4) is 5.75 Å². The summed E-state index contributed by atoms with van der Waals surface area (Å²) >= 11 is 0. The number of carbonyl (C=O) groups excluding carboxylic acids is 1. The number of nitrogens with two attached hydrogens (primary N) is 1. The fraction of sp³-hybridized carbons (Fsp3) is 0.364. The third-order valence-corrected chi connectivity index (χ3v) is 2.48. The second kappa shape index (κ2) is 3.81. The number of para-hydroxylation sites is 2. The van der Waals surface area contributed by atoms with Crippen molar-refractivity contribution in [2.75, 3.05) is 18.5 Å². The first-order chi connectivity index (χ1) is 7.16. The SMILES string of the molecule is CN1CC(CC(N)=O)Oc2ccccc21. The number of hydrogen-bond acceptors (Lipinski definition) is 3. The third-order valence-electron chi connectivity index (χ3n) is 2.48. The lowest BCUT2D eigenvalue weighted by Crippen LogP contribution is -2.39. The first-order valence-electron chi connectivity index (χ1n) is 4.92. The Balaban J connectivity index is 2.19. The minimum Gasteiger partial charge on any atom is -0.486 e. The number of likely N-dealkylation sites (N-methyl/N-ethyl adjacent to an activating group) is 1. The first-order valence-corrected chi connectivity index (χ1v) is 4.92. The lowest BCUT2D eigenvalue weighted by atomic mass is 10.1. The van der Waals surface area contributed by atoms with Crippen LogP contribution in [0.3, 0.4) is 0 Å². The van der Waals surface area contributed by atoms with E-state index in [1.165, 1.54) is 0 Å². The molecule has 1 aromatic rings. The molecule has 0 spiro atoms. The largest absolute Gasteiger partial charge is 0.486 e. The van der Waals surface area contributed by atoms with Gasteiger partial charge in [-0.1, -0.05) is 12.1 Å². The molecule has 1 aliphatic rings. The van der Waals surface area contributed by atoms with Crippen LogP contribution < -0.4 is 15.4 Å². The molecule has 2 N–H and O–H groups in total. The van der Waals surface area contributed by atoms with Gasteiger partial charge in [-0.05, 0) is 12.1 Å². The van der Waals surface area contributed by atoms with E-state index < -0.39 is 0 Å². The van der Waals surface area contributed by atoms with Gasteiger partial charge in [0.05, 0.1) is 18.7 Å². The van der Waals surface area contributed by atoms with Gasteiger partial charge in [-0.2, -0.15) is 0 Å². The lowest BCUT2D eigenvalue weighted by Gasteiger charge is -2.33. The molecular weight excluding hydrogens is 192 g/mol. The van der Waals surface area contributed by atoms with E-state index in [-0.39, 0.29) is 18.4 Å². The number of ether oxygens (including phenoxy) is 1. The zero-order valence-corrected chi connectivity index (χ0v) is 8.64. The smallest absolute Gasteiger partial charge is 0.221 e. The van der Waals surface area contributed by atoms with Crippen molar-refractivity contribution in [1.29, 1.82) is 0 Å². The fourth-order valence-electron chi connectivity index (χ4n) is 1.82. The summed E-state index contributed by atoms with van der Waals surface area (Å²) in [5.74, 6) is 0.491. The van der Waals surface area contributed by atoms with Crippen molar-refractivity contribution in [2.45, 2.75) is 12.5 Å². The molecular formula is C11H14N2O2. The maximum Gasteiger partial charge on any atom is 0.221 e. The van der Waals surface area contributed by atoms with Gasteiger partial charge in [0.15, 0.2) is 0 Å². The van der Waals surface area contributed by atoms with Crippen LogP contribution in [-0.4, -0.2) is 25.6 Å². The van der Waals surface area contributed by atoms with Crippen molar-refractivity contribution < 1.29 is 9.53 Å². The third kappa shape index (κ3) is 2.03. The summed E-state index contributed by atoms with van der Waals surface area (Å²) in [5, 5.41) is 0. The molecule has 1 atom stereocenters. The van der Waals surface area contributed by atoms with Crippen LogP contribution in [0.1, 0.15) is 6.42 Å². The summed E-state index contributed by atoms with van der Waals surface area (Å²) in [5.41, 5.74) is 6.21. The van der Waals surface area contributed by atoms with E-state index in [2.05, 4.69) is 4.90 Å². The molecule has 4 heteroatoms. The molecule has 1 aromatic carbocycles. The number of amides is 1. The second-order valence-corrected chi connectivity index (χ2v) is 3.76. The van der Waals surface area contributed by atoms with Crippen LogP contribution in [0.4, 0.5) is 5.69 Å². The Morgan fingerprint density at radius 3 is 3.07 bits per heavy atom. The van der Waals surface area contributed by atoms with Gasteiger partial charge >= 0.3 is 0 Å². The van der Waals surface area contributed by atoms with E-state index in [0.717, 1.165) is 11.4 Å². The number of nitrogens with zero attached hydrogens (tertiary/aromatic N) is 1. The second-order valence-electron chi connectivity index (χ2n) is 3.76. The maximum absolute atomic E-state index is 10.8. The maximum atomic E-state index is 10.8. The molecule has 0 aromatic heterocycles. The predicted octanol–water partition coefficient (Wildman–Crippen LogP) is 0.759. The van der Waals surface area contributed by atoms with Gasteiger partial charge in [-0.3, -0.25) is 4.79 Å². The Labute approximate surface area is 88.6 Å². The minimum atomic E-state index is -0.326. The van der Waals surface area contributed by atoms with Crippen molar-refractivity contribution in [3.63, 3.8) is 0 Å². The van der Waals surface area contributed by atoms with Crippen molar-refractivity contribution in [1.82, 2.24) is 0 Å². The molecule has 2 rings (SSSR count). The van der Waals surface area contributed by atoms with Crippen LogP contribution >= 0.6 is 0 Å². The molecule has 0 radical (unpaired) electrons. The molecule has 0 bridgehead atoms. The van der Waals surface area contributed by atoms with Crippen LogP contribution in [0, 0.1) is 0 Å². The highest BCUT2D eigenvalue weighted by Crippen LogP contribution is 2.32. The van der Waals surface area contributed by atoms with Crippen LogP contribution in [-0.2, 0) is 4.79 Å². The van der Waals surface area contributed by atoms with Crippen molar-refractivity contribution in [3.05, 3.63) is 24.3 Å². The molecule has 0 aliphatic carbocycles. The van der Waals surface area contributed by atoms with Crippen LogP contribution in [0.5, 0.6) is 5.75 Å². The normalized spacial score (nSPS) is 19.3. The first kappa shape index (κ1) is 9.83. The molecule has 0 saturated heterocycles. The van der Waals surface area contributed by atoms with Crippen LogP contribution in [0.25, 0.3) is 0 Å². The number of carbonyl (C=O) groups is 1. The summed E-state index contributed by atoms with van der Waals surface area (Å²) in [4.78, 5) is 12.9. The monoisotopic (exact) mass is 206 g/mol. The van der Waals surface area contributed by atoms with Gasteiger partial charge in [0.2, 0.25) is 5.91 Å². The fourth-order valence-corrected chi connectivity index (χ4v) is 1.82. The summed E-state index contributed by atoms with van der Waals surface area (Å²) < 4.78 is 5.67. The van der Waals surface area contributed by atoms with Gasteiger partial charge in [0, 0.05) is 7.05 Å². The number of benzene rings is 1. The summed E-state index contributed by atoms with van der Waals surface area (Å²) in [6, 6.07) is 7.78. The lowest BCUT2D eigenvalue weighted by molar-refractivity contribution is -0.119. The Kier molecular flexibility index (Phi) is 2.49. The van der Waals surface area contributed by atoms with Gasteiger partial charge in [0.1, 0.15) is 11.9 Å². The Morgan fingerprint density at radius 1 is 1.60 bits per heavy atom. The van der Waals surface area contributed by atoms with Crippen LogP contribution in [0.15, 0.2) is 24.3 Å². The Hall–Kier alpha value is -1.71. The molecule has 0 fully saturated rings. The number of hydrogen-bond donors (Lipinski definition) is 1. The molecule has 1 unspecified atom stereocenters. The molecule has 1 amide bonds. The Bertz CT molecular complexity index is 379. The standard InChI is InChI=1S/C11H14N2O2/c1-13-7-8(6-11(12)14)15-10-5-3-2-4-9(10)13/h2-5,8H,6-7H2,1H3,(H2,12,14). The molecule has 80 valence electrons. The quantitative estimate of drug-likeness (QED) is 0.777. The average Bonchev–Trinajstić information content (AvgIpc) is 2.16.